The predicted molar refractivity (Wildman–Crippen MR) is 146 cm³/mol. The number of aliphatic hydroxyl groups is 1. The minimum atomic E-state index is -3.82. The largest absolute Gasteiger partial charge is 0.449 e. The lowest BCUT2D eigenvalue weighted by Gasteiger charge is -2.18. The van der Waals surface area contributed by atoms with Crippen LogP contribution in [0.25, 0.3) is 11.1 Å². The van der Waals surface area contributed by atoms with E-state index in [0.717, 1.165) is 27.8 Å². The second-order valence-electron chi connectivity index (χ2n) is 9.18. The van der Waals surface area contributed by atoms with Crippen molar-refractivity contribution in [2.24, 2.45) is 10.7 Å². The number of carbonyl (C=O) groups is 1. The molecule has 1 aliphatic rings. The lowest BCUT2D eigenvalue weighted by atomic mass is 9.98. The number of hydrogen-bond donors (Lipinski definition) is 4. The molecule has 10 heteroatoms. The van der Waals surface area contributed by atoms with Crippen molar-refractivity contribution < 1.29 is 23.1 Å². The number of ether oxygens (including phenoxy) is 1. The molecule has 0 saturated carbocycles. The summed E-state index contributed by atoms with van der Waals surface area (Å²) in [4.78, 5) is 16.6. The minimum Gasteiger partial charge on any atom is -0.449 e. The molecule has 0 aliphatic heterocycles. The molecule has 1 unspecified atom stereocenters. The fraction of sp³-hybridized carbons (Fsp3) is 0.286. The Morgan fingerprint density at radius 3 is 2.24 bits per heavy atom. The number of alkyl carbamates (subject to hydrolysis) is 1. The summed E-state index contributed by atoms with van der Waals surface area (Å²) in [7, 11) is -3.82. The van der Waals surface area contributed by atoms with Gasteiger partial charge in [0.05, 0.1) is 17.5 Å². The average Bonchev–Trinajstić information content (AvgIpc) is 3.23. The first kappa shape index (κ1) is 27.2. The molecule has 0 radical (unpaired) electrons. The van der Waals surface area contributed by atoms with Crippen molar-refractivity contribution in [3.05, 3.63) is 89.5 Å². The van der Waals surface area contributed by atoms with Crippen LogP contribution < -0.4 is 15.8 Å². The van der Waals surface area contributed by atoms with Crippen molar-refractivity contribution in [3.63, 3.8) is 0 Å². The summed E-state index contributed by atoms with van der Waals surface area (Å²) in [5.41, 5.74) is 11.2. The third-order valence-corrected chi connectivity index (χ3v) is 7.82. The molecular weight excluding hydrogens is 504 g/mol. The van der Waals surface area contributed by atoms with Gasteiger partial charge in [0.15, 0.2) is 0 Å². The molecule has 5 N–H and O–H groups in total. The van der Waals surface area contributed by atoms with Crippen molar-refractivity contribution in [1.82, 2.24) is 10.0 Å². The molecule has 0 saturated heterocycles. The fourth-order valence-electron chi connectivity index (χ4n) is 4.50. The molecule has 3 aromatic carbocycles. The normalized spacial score (nSPS) is 13.9. The SMILES string of the molecule is Cc1ccc(S(=O)(=O)NC(N)=NCCCC(CO)NC(=O)OCC2c3ccccc3-c3ccccc32)cc1. The average molecular weight is 537 g/mol. The van der Waals surface area contributed by atoms with E-state index in [4.69, 9.17) is 10.5 Å². The maximum Gasteiger partial charge on any atom is 0.407 e. The molecule has 1 amide bonds. The zero-order valence-corrected chi connectivity index (χ0v) is 21.9. The highest BCUT2D eigenvalue weighted by Gasteiger charge is 2.29. The van der Waals surface area contributed by atoms with Gasteiger partial charge in [0.2, 0.25) is 5.96 Å². The van der Waals surface area contributed by atoms with Crippen LogP contribution >= 0.6 is 0 Å². The summed E-state index contributed by atoms with van der Waals surface area (Å²) >= 11 is 0. The Hall–Kier alpha value is -3.89. The van der Waals surface area contributed by atoms with Crippen molar-refractivity contribution in [3.8, 4) is 11.1 Å². The Kier molecular flexibility index (Phi) is 8.65. The molecule has 9 nitrogen and oxygen atoms in total. The highest BCUT2D eigenvalue weighted by atomic mass is 32.2. The maximum absolute atomic E-state index is 12.5. The second kappa shape index (κ2) is 12.1. The Labute approximate surface area is 222 Å². The monoisotopic (exact) mass is 536 g/mol. The first-order chi connectivity index (χ1) is 18.3. The van der Waals surface area contributed by atoms with E-state index in [1.54, 1.807) is 12.1 Å². The number of carbonyl (C=O) groups excluding carboxylic acids is 1. The number of nitrogens with one attached hydrogen (secondary N) is 2. The number of nitrogens with two attached hydrogens (primary N) is 1. The molecule has 4 rings (SSSR count). The van der Waals surface area contributed by atoms with Crippen molar-refractivity contribution in [1.29, 1.82) is 0 Å². The van der Waals surface area contributed by atoms with Crippen LogP contribution in [0.15, 0.2) is 82.7 Å². The third-order valence-electron chi connectivity index (χ3n) is 6.45. The summed E-state index contributed by atoms with van der Waals surface area (Å²) in [6, 6.07) is 22.0. The molecule has 38 heavy (non-hydrogen) atoms. The first-order valence-corrected chi connectivity index (χ1v) is 13.9. The molecule has 0 bridgehead atoms. The van der Waals surface area contributed by atoms with Crippen molar-refractivity contribution >= 4 is 22.1 Å². The number of guanidine groups is 1. The van der Waals surface area contributed by atoms with Gasteiger partial charge in [-0.05, 0) is 54.2 Å². The van der Waals surface area contributed by atoms with E-state index in [1.165, 1.54) is 12.1 Å². The molecule has 0 heterocycles. The van der Waals surface area contributed by atoms with E-state index in [-0.39, 0.29) is 36.5 Å². The summed E-state index contributed by atoms with van der Waals surface area (Å²) < 4.78 is 32.6. The number of rotatable bonds is 10. The molecule has 1 atom stereocenters. The standard InChI is InChI=1S/C28H32N4O5S/c1-19-12-14-21(15-13-19)38(35,36)32-27(29)30-16-6-7-20(17-33)31-28(34)37-18-26-24-10-4-2-8-22(24)23-9-3-5-11-25(23)26/h2-5,8-15,20,26,33H,6-7,16-18H2,1H3,(H,31,34)(H3,29,30,32). The van der Waals surface area contributed by atoms with Crippen LogP contribution in [0.4, 0.5) is 4.79 Å². The number of benzene rings is 3. The Morgan fingerprint density at radius 2 is 1.63 bits per heavy atom. The summed E-state index contributed by atoms with van der Waals surface area (Å²) in [5.74, 6) is -0.280. The number of aliphatic imine (C=N–C) groups is 1. The van der Waals surface area contributed by atoms with Crippen LogP contribution in [0.1, 0.15) is 35.4 Å². The Morgan fingerprint density at radius 1 is 1.03 bits per heavy atom. The minimum absolute atomic E-state index is 0.0540. The van der Waals surface area contributed by atoms with E-state index in [1.807, 2.05) is 43.3 Å². The van der Waals surface area contributed by atoms with E-state index >= 15 is 0 Å². The van der Waals surface area contributed by atoms with Crippen LogP contribution in [-0.4, -0.2) is 51.4 Å². The number of amides is 1. The number of nitrogens with zero attached hydrogens (tertiary/aromatic N) is 1. The number of hydrogen-bond acceptors (Lipinski definition) is 6. The lowest BCUT2D eigenvalue weighted by molar-refractivity contribution is 0.131. The predicted octanol–water partition coefficient (Wildman–Crippen LogP) is 3.27. The number of aryl methyl sites for hydroxylation is 1. The Bertz CT molecular complexity index is 1360. The van der Waals surface area contributed by atoms with Gasteiger partial charge < -0.3 is 20.9 Å². The van der Waals surface area contributed by atoms with E-state index < -0.39 is 22.2 Å². The van der Waals surface area contributed by atoms with Gasteiger partial charge in [0.25, 0.3) is 10.0 Å². The first-order valence-electron chi connectivity index (χ1n) is 12.4. The fourth-order valence-corrected chi connectivity index (χ4v) is 5.45. The van der Waals surface area contributed by atoms with Gasteiger partial charge in [-0.3, -0.25) is 4.99 Å². The van der Waals surface area contributed by atoms with Crippen molar-refractivity contribution in [2.75, 3.05) is 19.8 Å². The third kappa shape index (κ3) is 6.51. The number of aliphatic hydroxyl groups excluding tert-OH is 1. The smallest absolute Gasteiger partial charge is 0.407 e. The van der Waals surface area contributed by atoms with Gasteiger partial charge in [0.1, 0.15) is 6.61 Å². The van der Waals surface area contributed by atoms with Gasteiger partial charge >= 0.3 is 6.09 Å². The topological polar surface area (TPSA) is 143 Å². The lowest BCUT2D eigenvalue weighted by Crippen LogP contribution is -2.38. The van der Waals surface area contributed by atoms with E-state index in [9.17, 15) is 18.3 Å². The number of fused-ring (bicyclic) bond motifs is 3. The highest BCUT2D eigenvalue weighted by Crippen LogP contribution is 2.44. The van der Waals surface area contributed by atoms with Crippen LogP contribution in [0.5, 0.6) is 0 Å². The molecule has 200 valence electrons. The zero-order valence-electron chi connectivity index (χ0n) is 21.1. The van der Waals surface area contributed by atoms with E-state index in [0.29, 0.717) is 12.8 Å². The summed E-state index contributed by atoms with van der Waals surface area (Å²) in [6.07, 6.45) is 0.254. The quantitative estimate of drug-likeness (QED) is 0.178. The second-order valence-corrected chi connectivity index (χ2v) is 10.9. The van der Waals surface area contributed by atoms with Crippen LogP contribution in [-0.2, 0) is 14.8 Å². The molecule has 1 aliphatic carbocycles. The van der Waals surface area contributed by atoms with Crippen molar-refractivity contribution in [2.45, 2.75) is 36.6 Å². The molecule has 0 aromatic heterocycles. The zero-order chi connectivity index (χ0) is 27.1. The van der Waals surface area contributed by atoms with Crippen LogP contribution in [0.3, 0.4) is 0 Å². The molecule has 3 aromatic rings. The van der Waals surface area contributed by atoms with Gasteiger partial charge in [-0.1, -0.05) is 66.2 Å². The van der Waals surface area contributed by atoms with Gasteiger partial charge in [0, 0.05) is 12.5 Å². The van der Waals surface area contributed by atoms with Gasteiger partial charge in [-0.25, -0.2) is 17.9 Å². The van der Waals surface area contributed by atoms with E-state index in [2.05, 4.69) is 27.2 Å². The highest BCUT2D eigenvalue weighted by molar-refractivity contribution is 7.90. The number of sulfonamides is 1. The maximum atomic E-state index is 12.5. The van der Waals surface area contributed by atoms with Gasteiger partial charge in [-0.15, -0.1) is 0 Å². The van der Waals surface area contributed by atoms with Gasteiger partial charge in [-0.2, -0.15) is 0 Å². The summed E-state index contributed by atoms with van der Waals surface area (Å²) in [6.45, 7) is 1.98. The molecule has 0 fully saturated rings. The molecular formula is C28H32N4O5S. The molecule has 0 spiro atoms. The van der Waals surface area contributed by atoms with Crippen LogP contribution in [0.2, 0.25) is 0 Å². The summed E-state index contributed by atoms with van der Waals surface area (Å²) in [5, 5.41) is 12.4. The Balaban J connectivity index is 1.24. The van der Waals surface area contributed by atoms with Crippen LogP contribution in [0, 0.1) is 6.92 Å².